The zero-order valence-electron chi connectivity index (χ0n) is 29.2. The van der Waals surface area contributed by atoms with Crippen LogP contribution in [0.15, 0.2) is 109 Å². The number of hydrogen-bond acceptors (Lipinski definition) is 5. The summed E-state index contributed by atoms with van der Waals surface area (Å²) in [4.78, 5) is 31.4. The molecule has 0 aliphatic heterocycles. The molecule has 0 aliphatic rings. The Balaban J connectivity index is 2.09. The topological polar surface area (TPSA) is 49.3 Å². The van der Waals surface area contributed by atoms with Crippen LogP contribution in [0.3, 0.4) is 0 Å². The Kier molecular flexibility index (Phi) is 12.0. The van der Waals surface area contributed by atoms with Gasteiger partial charge in [0.05, 0.1) is 22.2 Å². The SMILES string of the molecule is CC(C)N(CCC(C(=O)C(CCN(C(C)C)C(C)C)(c1ccccc1)c1ccccn1)(c1ccccc1)c1ccccn1)C(C)C. The van der Waals surface area contributed by atoms with Gasteiger partial charge >= 0.3 is 0 Å². The number of benzene rings is 2. The molecule has 5 nitrogen and oxygen atoms in total. The van der Waals surface area contributed by atoms with Gasteiger partial charge < -0.3 is 0 Å². The lowest BCUT2D eigenvalue weighted by Gasteiger charge is -2.45. The monoisotopic (exact) mass is 618 g/mol. The molecule has 2 aromatic heterocycles. The molecule has 0 aliphatic carbocycles. The van der Waals surface area contributed by atoms with Crippen LogP contribution < -0.4 is 0 Å². The molecule has 0 fully saturated rings. The molecule has 5 heteroatoms. The smallest absolute Gasteiger partial charge is 0.165 e. The average molecular weight is 619 g/mol. The fraction of sp³-hybridized carbons (Fsp3) is 0.439. The van der Waals surface area contributed by atoms with Gasteiger partial charge in [0.25, 0.3) is 0 Å². The van der Waals surface area contributed by atoms with Gasteiger partial charge in [0, 0.05) is 49.7 Å². The largest absolute Gasteiger partial charge is 0.298 e. The van der Waals surface area contributed by atoms with E-state index in [1.54, 1.807) is 0 Å². The van der Waals surface area contributed by atoms with Gasteiger partial charge in [0.1, 0.15) is 0 Å². The van der Waals surface area contributed by atoms with Crippen LogP contribution in [0.4, 0.5) is 0 Å². The Morgan fingerprint density at radius 1 is 0.522 bits per heavy atom. The molecule has 2 heterocycles. The van der Waals surface area contributed by atoms with Crippen LogP contribution in [0.5, 0.6) is 0 Å². The Morgan fingerprint density at radius 2 is 0.848 bits per heavy atom. The lowest BCUT2D eigenvalue weighted by atomic mass is 9.58. The number of pyridine rings is 2. The van der Waals surface area contributed by atoms with Gasteiger partial charge in [-0.25, -0.2) is 0 Å². The predicted molar refractivity (Wildman–Crippen MR) is 191 cm³/mol. The molecule has 4 aromatic rings. The normalized spacial score (nSPS) is 14.7. The summed E-state index contributed by atoms with van der Waals surface area (Å²) in [6.07, 6.45) is 4.83. The molecular weight excluding hydrogens is 564 g/mol. The first kappa shape index (κ1) is 35.2. The van der Waals surface area contributed by atoms with E-state index >= 15 is 4.79 Å². The van der Waals surface area contributed by atoms with Crippen LogP contribution in [0.25, 0.3) is 0 Å². The summed E-state index contributed by atoms with van der Waals surface area (Å²) >= 11 is 0. The Hall–Kier alpha value is -3.67. The highest BCUT2D eigenvalue weighted by atomic mass is 16.1. The summed E-state index contributed by atoms with van der Waals surface area (Å²) < 4.78 is 0. The van der Waals surface area contributed by atoms with E-state index in [0.29, 0.717) is 37.0 Å². The van der Waals surface area contributed by atoms with Crippen LogP contribution in [0.2, 0.25) is 0 Å². The Bertz CT molecular complexity index is 1260. The molecule has 2 unspecified atom stereocenters. The van der Waals surface area contributed by atoms with Gasteiger partial charge in [-0.1, -0.05) is 72.8 Å². The number of aromatic nitrogens is 2. The van der Waals surface area contributed by atoms with Crippen molar-refractivity contribution in [2.45, 2.75) is 103 Å². The molecule has 2 atom stereocenters. The third-order valence-corrected chi connectivity index (χ3v) is 9.66. The summed E-state index contributed by atoms with van der Waals surface area (Å²) in [6, 6.07) is 34.0. The summed E-state index contributed by atoms with van der Waals surface area (Å²) in [6.45, 7) is 19.4. The average Bonchev–Trinajstić information content (AvgIpc) is 3.06. The van der Waals surface area contributed by atoms with Gasteiger partial charge in [-0.2, -0.15) is 0 Å². The summed E-state index contributed by atoms with van der Waals surface area (Å²) in [5.41, 5.74) is 1.40. The van der Waals surface area contributed by atoms with E-state index in [2.05, 4.69) is 89.5 Å². The quantitative estimate of drug-likeness (QED) is 0.126. The highest BCUT2D eigenvalue weighted by Crippen LogP contribution is 2.47. The van der Waals surface area contributed by atoms with E-state index in [1.165, 1.54) is 0 Å². The summed E-state index contributed by atoms with van der Waals surface area (Å²) in [7, 11) is 0. The van der Waals surface area contributed by atoms with Crippen LogP contribution in [0, 0.1) is 0 Å². The highest BCUT2D eigenvalue weighted by Gasteiger charge is 2.55. The van der Waals surface area contributed by atoms with Crippen molar-refractivity contribution < 1.29 is 4.79 Å². The van der Waals surface area contributed by atoms with Gasteiger partial charge in [0.2, 0.25) is 0 Å². The van der Waals surface area contributed by atoms with Gasteiger partial charge in [-0.3, -0.25) is 24.6 Å². The fourth-order valence-electron chi connectivity index (χ4n) is 7.42. The van der Waals surface area contributed by atoms with Gasteiger partial charge in [-0.05, 0) is 104 Å². The first-order chi connectivity index (χ1) is 22.1. The standard InChI is InChI=1S/C41H54N4O/c1-31(2)44(32(3)4)29-25-40(35-19-11-9-12-20-35,37-23-15-17-27-42-37)39(46)41(36-21-13-10-14-22-36,38-24-16-18-28-43-38)26-30-45(33(5)6)34(7)8/h9-24,27-28,31-34H,25-26,29-30H2,1-8H3. The van der Waals surface area contributed by atoms with E-state index < -0.39 is 10.8 Å². The van der Waals surface area contributed by atoms with Crippen molar-refractivity contribution >= 4 is 5.78 Å². The number of rotatable bonds is 16. The minimum Gasteiger partial charge on any atom is -0.298 e. The second-order valence-electron chi connectivity index (χ2n) is 13.7. The maximum Gasteiger partial charge on any atom is 0.165 e. The summed E-state index contributed by atoms with van der Waals surface area (Å²) in [5.74, 6) is 0.120. The van der Waals surface area contributed by atoms with Crippen molar-refractivity contribution in [3.05, 3.63) is 132 Å². The van der Waals surface area contributed by atoms with E-state index in [4.69, 9.17) is 9.97 Å². The molecule has 4 rings (SSSR count). The van der Waals surface area contributed by atoms with Crippen molar-refractivity contribution in [1.29, 1.82) is 0 Å². The van der Waals surface area contributed by atoms with Crippen LogP contribution in [-0.2, 0) is 15.6 Å². The van der Waals surface area contributed by atoms with Crippen LogP contribution in [0.1, 0.15) is 90.7 Å². The molecule has 0 saturated heterocycles. The molecule has 2 aromatic carbocycles. The molecule has 0 bridgehead atoms. The zero-order valence-corrected chi connectivity index (χ0v) is 29.2. The van der Waals surface area contributed by atoms with E-state index in [1.807, 2.05) is 85.2 Å². The molecule has 0 N–H and O–H groups in total. The van der Waals surface area contributed by atoms with Gasteiger partial charge in [-0.15, -0.1) is 0 Å². The number of nitrogens with zero attached hydrogens (tertiary/aromatic N) is 4. The third kappa shape index (κ3) is 7.32. The minimum absolute atomic E-state index is 0.120. The number of carbonyl (C=O) groups is 1. The maximum atomic E-state index is 16.5. The second kappa shape index (κ2) is 15.8. The first-order valence-electron chi connectivity index (χ1n) is 17.1. The number of hydrogen-bond donors (Lipinski definition) is 0. The van der Waals surface area contributed by atoms with E-state index in [0.717, 1.165) is 35.6 Å². The van der Waals surface area contributed by atoms with E-state index in [-0.39, 0.29) is 5.78 Å². The van der Waals surface area contributed by atoms with Gasteiger partial charge in [0.15, 0.2) is 5.78 Å². The van der Waals surface area contributed by atoms with E-state index in [9.17, 15) is 0 Å². The Morgan fingerprint density at radius 3 is 1.13 bits per heavy atom. The van der Waals surface area contributed by atoms with Crippen molar-refractivity contribution in [3.8, 4) is 0 Å². The van der Waals surface area contributed by atoms with Crippen molar-refractivity contribution in [2.24, 2.45) is 0 Å². The fourth-order valence-corrected chi connectivity index (χ4v) is 7.42. The van der Waals surface area contributed by atoms with Crippen molar-refractivity contribution in [2.75, 3.05) is 13.1 Å². The molecular formula is C41H54N4O. The van der Waals surface area contributed by atoms with Crippen LogP contribution in [-0.4, -0.2) is 62.8 Å². The first-order valence-corrected chi connectivity index (χ1v) is 17.1. The van der Waals surface area contributed by atoms with Crippen molar-refractivity contribution in [1.82, 2.24) is 19.8 Å². The number of carbonyl (C=O) groups excluding carboxylic acids is 1. The minimum atomic E-state index is -1.04. The van der Waals surface area contributed by atoms with Crippen LogP contribution >= 0.6 is 0 Å². The molecule has 244 valence electrons. The lowest BCUT2D eigenvalue weighted by Crippen LogP contribution is -2.54. The number of ketones is 1. The molecule has 0 radical (unpaired) electrons. The highest BCUT2D eigenvalue weighted by molar-refractivity contribution is 6.03. The number of Topliss-reactive ketones (excluding diaryl/α,β-unsaturated/α-hetero) is 1. The zero-order chi connectivity index (χ0) is 33.3. The van der Waals surface area contributed by atoms with Crippen molar-refractivity contribution in [3.63, 3.8) is 0 Å². The molecule has 0 saturated carbocycles. The molecule has 0 amide bonds. The third-order valence-electron chi connectivity index (χ3n) is 9.66. The molecule has 0 spiro atoms. The maximum absolute atomic E-state index is 16.5. The second-order valence-corrected chi connectivity index (χ2v) is 13.7. The molecule has 46 heavy (non-hydrogen) atoms. The summed E-state index contributed by atoms with van der Waals surface area (Å²) in [5, 5.41) is 0. The lowest BCUT2D eigenvalue weighted by molar-refractivity contribution is -0.129. The Labute approximate surface area is 278 Å². The predicted octanol–water partition coefficient (Wildman–Crippen LogP) is 8.34.